The van der Waals surface area contributed by atoms with Gasteiger partial charge in [0.15, 0.2) is 0 Å². The molecule has 1 aliphatic carbocycles. The molecule has 0 radical (unpaired) electrons. The molecule has 0 saturated heterocycles. The number of nitrogens with two attached hydrogens (primary N) is 1. The van der Waals surface area contributed by atoms with Crippen LogP contribution in [0.15, 0.2) is 12.1 Å². The van der Waals surface area contributed by atoms with Crippen molar-refractivity contribution in [2.24, 2.45) is 5.41 Å². The summed E-state index contributed by atoms with van der Waals surface area (Å²) < 4.78 is 0. The molecule has 0 heterocycles. The lowest BCUT2D eigenvalue weighted by Crippen LogP contribution is -2.40. The van der Waals surface area contributed by atoms with Crippen molar-refractivity contribution in [2.45, 2.75) is 40.0 Å². The van der Waals surface area contributed by atoms with Gasteiger partial charge in [0.1, 0.15) is 0 Å². The molecule has 98 valence electrons. The van der Waals surface area contributed by atoms with Gasteiger partial charge in [0.05, 0.1) is 5.56 Å². The van der Waals surface area contributed by atoms with E-state index in [0.717, 1.165) is 17.7 Å². The highest BCUT2D eigenvalue weighted by Crippen LogP contribution is 2.39. The second-order valence-electron chi connectivity index (χ2n) is 5.87. The van der Waals surface area contributed by atoms with Crippen molar-refractivity contribution >= 4 is 11.6 Å². The largest absolute Gasteiger partial charge is 0.398 e. The third-order valence-electron chi connectivity index (χ3n) is 4.15. The molecule has 0 aliphatic heterocycles. The Balaban J connectivity index is 2.06. The topological polar surface area (TPSA) is 55.1 Å². The minimum Gasteiger partial charge on any atom is -0.398 e. The van der Waals surface area contributed by atoms with Gasteiger partial charge in [-0.25, -0.2) is 0 Å². The number of carbonyl (C=O) groups excluding carboxylic acids is 1. The molecule has 0 spiro atoms. The zero-order valence-electron chi connectivity index (χ0n) is 11.5. The van der Waals surface area contributed by atoms with Gasteiger partial charge in [-0.3, -0.25) is 4.79 Å². The molecule has 1 aromatic rings. The highest BCUT2D eigenvalue weighted by atomic mass is 16.1. The molecular formula is C15H22N2O. The van der Waals surface area contributed by atoms with Crippen LogP contribution in [0.25, 0.3) is 0 Å². The van der Waals surface area contributed by atoms with Crippen molar-refractivity contribution in [2.75, 3.05) is 12.3 Å². The summed E-state index contributed by atoms with van der Waals surface area (Å²) in [4.78, 5) is 12.1. The first kappa shape index (κ1) is 12.9. The molecule has 3 nitrogen and oxygen atoms in total. The van der Waals surface area contributed by atoms with Crippen molar-refractivity contribution in [1.82, 2.24) is 5.32 Å². The molecule has 2 rings (SSSR count). The van der Waals surface area contributed by atoms with Gasteiger partial charge in [0, 0.05) is 12.2 Å². The first-order chi connectivity index (χ1) is 8.41. The van der Waals surface area contributed by atoms with Crippen molar-refractivity contribution in [3.05, 3.63) is 28.8 Å². The number of nitrogens with one attached hydrogen (secondary N) is 1. The van der Waals surface area contributed by atoms with E-state index < -0.39 is 0 Å². The summed E-state index contributed by atoms with van der Waals surface area (Å²) in [6, 6.07) is 3.75. The molecule has 1 saturated carbocycles. The summed E-state index contributed by atoms with van der Waals surface area (Å²) in [5.41, 5.74) is 9.60. The first-order valence-corrected chi connectivity index (χ1v) is 6.56. The number of anilines is 1. The number of carbonyl (C=O) groups is 1. The molecule has 3 heteroatoms. The van der Waals surface area contributed by atoms with Crippen LogP contribution in [-0.2, 0) is 0 Å². The van der Waals surface area contributed by atoms with Crippen molar-refractivity contribution < 1.29 is 4.79 Å². The molecule has 0 aromatic heterocycles. The lowest BCUT2D eigenvalue weighted by Gasteiger charge is -2.38. The molecule has 0 bridgehead atoms. The van der Waals surface area contributed by atoms with Crippen LogP contribution in [0.4, 0.5) is 5.69 Å². The number of hydrogen-bond acceptors (Lipinski definition) is 2. The maximum absolute atomic E-state index is 12.1. The van der Waals surface area contributed by atoms with Gasteiger partial charge in [-0.15, -0.1) is 0 Å². The number of amides is 1. The highest BCUT2D eigenvalue weighted by Gasteiger charge is 2.32. The Morgan fingerprint density at radius 1 is 1.33 bits per heavy atom. The third-order valence-corrected chi connectivity index (χ3v) is 4.15. The smallest absolute Gasteiger partial charge is 0.253 e. The Labute approximate surface area is 109 Å². The van der Waals surface area contributed by atoms with Crippen LogP contribution in [0, 0.1) is 19.3 Å². The Kier molecular flexibility index (Phi) is 3.33. The Morgan fingerprint density at radius 2 is 1.94 bits per heavy atom. The predicted molar refractivity (Wildman–Crippen MR) is 74.6 cm³/mol. The van der Waals surface area contributed by atoms with Gasteiger partial charge in [-0.2, -0.15) is 0 Å². The van der Waals surface area contributed by atoms with Crippen molar-refractivity contribution in [3.63, 3.8) is 0 Å². The van der Waals surface area contributed by atoms with E-state index >= 15 is 0 Å². The molecule has 1 aliphatic rings. The van der Waals surface area contributed by atoms with Crippen LogP contribution >= 0.6 is 0 Å². The lowest BCUT2D eigenvalue weighted by molar-refractivity contribution is 0.0891. The molecule has 0 atom stereocenters. The molecule has 0 unspecified atom stereocenters. The van der Waals surface area contributed by atoms with Crippen LogP contribution in [0.1, 0.15) is 47.7 Å². The Bertz CT molecular complexity index is 476. The molecule has 18 heavy (non-hydrogen) atoms. The summed E-state index contributed by atoms with van der Waals surface area (Å²) in [6.07, 6.45) is 3.68. The maximum atomic E-state index is 12.1. The van der Waals surface area contributed by atoms with Gasteiger partial charge in [0.2, 0.25) is 0 Å². The monoisotopic (exact) mass is 246 g/mol. The minimum absolute atomic E-state index is 0.0521. The second kappa shape index (κ2) is 4.63. The van der Waals surface area contributed by atoms with Crippen LogP contribution < -0.4 is 11.1 Å². The zero-order valence-corrected chi connectivity index (χ0v) is 11.5. The van der Waals surface area contributed by atoms with Gasteiger partial charge < -0.3 is 11.1 Å². The summed E-state index contributed by atoms with van der Waals surface area (Å²) >= 11 is 0. The SMILES string of the molecule is Cc1cc(N)c(C(=O)NCC2(C)CCC2)cc1C. The Hall–Kier alpha value is -1.51. The van der Waals surface area contributed by atoms with E-state index in [0.29, 0.717) is 16.7 Å². The molecule has 1 aromatic carbocycles. The van der Waals surface area contributed by atoms with Gasteiger partial charge in [-0.05, 0) is 55.4 Å². The molecule has 1 amide bonds. The highest BCUT2D eigenvalue weighted by molar-refractivity contribution is 5.99. The normalized spacial score (nSPS) is 17.1. The van der Waals surface area contributed by atoms with E-state index in [1.54, 1.807) is 0 Å². The summed E-state index contributed by atoms with van der Waals surface area (Å²) in [7, 11) is 0. The maximum Gasteiger partial charge on any atom is 0.253 e. The summed E-state index contributed by atoms with van der Waals surface area (Å²) in [5, 5.41) is 3.01. The van der Waals surface area contributed by atoms with Crippen LogP contribution in [0.2, 0.25) is 0 Å². The van der Waals surface area contributed by atoms with E-state index in [2.05, 4.69) is 12.2 Å². The Morgan fingerprint density at radius 3 is 2.50 bits per heavy atom. The zero-order chi connectivity index (χ0) is 13.3. The summed E-state index contributed by atoms with van der Waals surface area (Å²) in [5.74, 6) is -0.0521. The number of nitrogen functional groups attached to an aromatic ring is 1. The predicted octanol–water partition coefficient (Wildman–Crippen LogP) is 2.81. The fourth-order valence-electron chi connectivity index (χ4n) is 2.38. The lowest BCUT2D eigenvalue weighted by atomic mass is 9.70. The van der Waals surface area contributed by atoms with E-state index in [-0.39, 0.29) is 5.91 Å². The van der Waals surface area contributed by atoms with Gasteiger partial charge in [0.25, 0.3) is 5.91 Å². The number of hydrogen-bond donors (Lipinski definition) is 2. The minimum atomic E-state index is -0.0521. The van der Waals surface area contributed by atoms with Crippen LogP contribution in [-0.4, -0.2) is 12.5 Å². The fourth-order valence-corrected chi connectivity index (χ4v) is 2.38. The average Bonchev–Trinajstić information content (AvgIpc) is 2.28. The van der Waals surface area contributed by atoms with Crippen LogP contribution in [0.5, 0.6) is 0 Å². The van der Waals surface area contributed by atoms with E-state index in [9.17, 15) is 4.79 Å². The number of aryl methyl sites for hydroxylation is 2. The van der Waals surface area contributed by atoms with Gasteiger partial charge >= 0.3 is 0 Å². The van der Waals surface area contributed by atoms with Crippen LogP contribution in [0.3, 0.4) is 0 Å². The fraction of sp³-hybridized carbons (Fsp3) is 0.533. The molecule has 1 fully saturated rings. The van der Waals surface area contributed by atoms with E-state index in [4.69, 9.17) is 5.73 Å². The standard InChI is InChI=1S/C15H22N2O/c1-10-7-12(13(16)8-11(10)2)14(18)17-9-15(3)5-4-6-15/h7-8H,4-6,9,16H2,1-3H3,(H,17,18). The summed E-state index contributed by atoms with van der Waals surface area (Å²) in [6.45, 7) is 6.97. The van der Waals surface area contributed by atoms with Crippen molar-refractivity contribution in [1.29, 1.82) is 0 Å². The quantitative estimate of drug-likeness (QED) is 0.806. The molecular weight excluding hydrogens is 224 g/mol. The number of benzene rings is 1. The second-order valence-corrected chi connectivity index (χ2v) is 5.87. The third kappa shape index (κ3) is 2.50. The van der Waals surface area contributed by atoms with E-state index in [1.165, 1.54) is 19.3 Å². The van der Waals surface area contributed by atoms with Crippen molar-refractivity contribution in [3.8, 4) is 0 Å². The van der Waals surface area contributed by atoms with Gasteiger partial charge in [-0.1, -0.05) is 13.3 Å². The molecule has 3 N–H and O–H groups in total. The number of rotatable bonds is 3. The first-order valence-electron chi connectivity index (χ1n) is 6.56. The van der Waals surface area contributed by atoms with E-state index in [1.807, 2.05) is 26.0 Å². The average molecular weight is 246 g/mol.